The monoisotopic (exact) mass is 407 g/mol. The molecule has 2 aliphatic heterocycles. The first-order valence-corrected chi connectivity index (χ1v) is 10.0. The molecule has 2 fully saturated rings. The Bertz CT molecular complexity index is 698. The van der Waals surface area contributed by atoms with E-state index in [-0.39, 0.29) is 11.9 Å². The van der Waals surface area contributed by atoms with Crippen molar-refractivity contribution in [3.05, 3.63) is 12.4 Å². The number of amides is 1. The summed E-state index contributed by atoms with van der Waals surface area (Å²) in [5.41, 5.74) is -0.134. The maximum absolute atomic E-state index is 12.0. The molecule has 0 aromatic carbocycles. The van der Waals surface area contributed by atoms with Crippen LogP contribution in [0.1, 0.15) is 40.5 Å². The van der Waals surface area contributed by atoms with Gasteiger partial charge in [0.2, 0.25) is 0 Å². The molecule has 0 radical (unpaired) electrons. The molecule has 1 aromatic rings. The minimum Gasteiger partial charge on any atom is -0.463 e. The zero-order valence-corrected chi connectivity index (χ0v) is 17.5. The zero-order valence-electron chi connectivity index (χ0n) is 17.5. The van der Waals surface area contributed by atoms with Crippen molar-refractivity contribution >= 4 is 18.5 Å². The lowest BCUT2D eigenvalue weighted by molar-refractivity contribution is -0.144. The summed E-state index contributed by atoms with van der Waals surface area (Å²) in [6.07, 6.45) is 3.64. The summed E-state index contributed by atoms with van der Waals surface area (Å²) in [5, 5.41) is 18.5. The van der Waals surface area contributed by atoms with Gasteiger partial charge in [0.1, 0.15) is 0 Å². The zero-order chi connectivity index (χ0) is 21.2. The number of hydrogen-bond acceptors (Lipinski definition) is 8. The first-order valence-electron chi connectivity index (χ1n) is 10.0. The van der Waals surface area contributed by atoms with Crippen molar-refractivity contribution in [3.8, 4) is 6.01 Å². The fourth-order valence-electron chi connectivity index (χ4n) is 3.38. The largest absolute Gasteiger partial charge is 0.498 e. The maximum atomic E-state index is 12.0. The molecule has 0 bridgehead atoms. The number of rotatable bonds is 6. The van der Waals surface area contributed by atoms with Gasteiger partial charge in [0, 0.05) is 36.9 Å². The molecule has 29 heavy (non-hydrogen) atoms. The van der Waals surface area contributed by atoms with Gasteiger partial charge in [0.25, 0.3) is 5.91 Å². The first kappa shape index (κ1) is 22.0. The Morgan fingerprint density at radius 2 is 1.93 bits per heavy atom. The molecule has 2 atom stereocenters. The lowest BCUT2D eigenvalue weighted by atomic mass is 9.81. The van der Waals surface area contributed by atoms with E-state index in [0.29, 0.717) is 19.7 Å². The van der Waals surface area contributed by atoms with E-state index in [4.69, 9.17) is 19.2 Å². The van der Waals surface area contributed by atoms with Crippen molar-refractivity contribution in [1.82, 2.24) is 14.9 Å². The van der Waals surface area contributed by atoms with Crippen molar-refractivity contribution < 1.29 is 29.1 Å². The molecule has 0 saturated carbocycles. The van der Waals surface area contributed by atoms with Crippen molar-refractivity contribution in [1.29, 1.82) is 0 Å². The van der Waals surface area contributed by atoms with Crippen LogP contribution in [0.3, 0.4) is 0 Å². The first-order chi connectivity index (χ1) is 13.6. The van der Waals surface area contributed by atoms with Gasteiger partial charge in [-0.25, -0.2) is 9.97 Å². The number of carbonyl (C=O) groups is 1. The van der Waals surface area contributed by atoms with E-state index in [2.05, 4.69) is 9.97 Å². The van der Waals surface area contributed by atoms with E-state index in [1.165, 1.54) is 0 Å². The van der Waals surface area contributed by atoms with Crippen LogP contribution in [-0.4, -0.2) is 81.7 Å². The predicted octanol–water partition coefficient (Wildman–Crippen LogP) is -0.254. The standard InChI is InChI=1S/C19H30BN3O6/c1-18(2)19(3,4)29-20(28-18)14-8-21-17(22-9-14)27-12-13-6-5-7-23(10-13)16(26)15(25)11-24/h8-9,13,15,24-25H,5-7,10-12H2,1-4H3/t13-,15+/m0/s1. The highest BCUT2D eigenvalue weighted by Crippen LogP contribution is 2.36. The molecule has 2 N–H and O–H groups in total. The number of likely N-dealkylation sites (tertiary alicyclic amines) is 1. The van der Waals surface area contributed by atoms with Crippen LogP contribution in [0, 0.1) is 5.92 Å². The van der Waals surface area contributed by atoms with Crippen molar-refractivity contribution in [3.63, 3.8) is 0 Å². The second-order valence-corrected chi connectivity index (χ2v) is 8.69. The van der Waals surface area contributed by atoms with Crippen LogP contribution in [0.25, 0.3) is 0 Å². The number of hydrogen-bond donors (Lipinski definition) is 2. The van der Waals surface area contributed by atoms with Gasteiger partial charge in [0.15, 0.2) is 6.10 Å². The summed E-state index contributed by atoms with van der Waals surface area (Å²) in [7, 11) is -0.523. The minimum absolute atomic E-state index is 0.116. The topological polar surface area (TPSA) is 114 Å². The number of aliphatic hydroxyl groups excluding tert-OH is 2. The molecule has 0 aliphatic carbocycles. The average molecular weight is 407 g/mol. The number of nitrogens with zero attached hydrogens (tertiary/aromatic N) is 3. The number of carbonyl (C=O) groups excluding carboxylic acids is 1. The summed E-state index contributed by atoms with van der Waals surface area (Å²) in [6, 6.07) is 0.254. The molecule has 9 nitrogen and oxygen atoms in total. The molecule has 3 heterocycles. The summed E-state index contributed by atoms with van der Waals surface area (Å²) in [6.45, 7) is 8.81. The Hall–Kier alpha value is -1.75. The second-order valence-electron chi connectivity index (χ2n) is 8.69. The summed E-state index contributed by atoms with van der Waals surface area (Å²) >= 11 is 0. The number of piperidine rings is 1. The average Bonchev–Trinajstić information content (AvgIpc) is 2.93. The van der Waals surface area contributed by atoms with E-state index < -0.39 is 36.9 Å². The molecule has 1 aromatic heterocycles. The molecule has 2 aliphatic rings. The Labute approximate surface area is 171 Å². The smallest absolute Gasteiger partial charge is 0.463 e. The fraction of sp³-hybridized carbons (Fsp3) is 0.737. The lowest BCUT2D eigenvalue weighted by Gasteiger charge is -2.33. The molecule has 0 unspecified atom stereocenters. The van der Waals surface area contributed by atoms with Crippen LogP contribution in [0.15, 0.2) is 12.4 Å². The molecule has 3 rings (SSSR count). The highest BCUT2D eigenvalue weighted by Gasteiger charge is 2.52. The van der Waals surface area contributed by atoms with Gasteiger partial charge in [0.05, 0.1) is 24.4 Å². The van der Waals surface area contributed by atoms with Crippen LogP contribution in [0.4, 0.5) is 0 Å². The quantitative estimate of drug-likeness (QED) is 0.621. The SMILES string of the molecule is CC1(C)OB(c2cnc(OC[C@H]3CCCN(C(=O)[C@H](O)CO)C3)nc2)OC1(C)C. The Morgan fingerprint density at radius 3 is 2.52 bits per heavy atom. The van der Waals surface area contributed by atoms with Gasteiger partial charge in [-0.05, 0) is 40.5 Å². The predicted molar refractivity (Wildman–Crippen MR) is 106 cm³/mol. The number of ether oxygens (including phenoxy) is 1. The summed E-state index contributed by atoms with van der Waals surface area (Å²) in [5.74, 6) is -0.329. The van der Waals surface area contributed by atoms with E-state index in [1.54, 1.807) is 17.3 Å². The Kier molecular flexibility index (Phi) is 6.47. The van der Waals surface area contributed by atoms with Crippen LogP contribution >= 0.6 is 0 Å². The van der Waals surface area contributed by atoms with Crippen LogP contribution < -0.4 is 10.2 Å². The van der Waals surface area contributed by atoms with E-state index in [9.17, 15) is 9.90 Å². The van der Waals surface area contributed by atoms with Gasteiger partial charge in [-0.1, -0.05) is 0 Å². The van der Waals surface area contributed by atoms with Gasteiger partial charge in [-0.15, -0.1) is 0 Å². The van der Waals surface area contributed by atoms with Gasteiger partial charge in [-0.2, -0.15) is 0 Å². The van der Waals surface area contributed by atoms with Gasteiger partial charge < -0.3 is 29.2 Å². The number of aromatic nitrogens is 2. The van der Waals surface area contributed by atoms with Crippen LogP contribution in [0.2, 0.25) is 0 Å². The lowest BCUT2D eigenvalue weighted by Crippen LogP contribution is -2.47. The molecular formula is C19H30BN3O6. The van der Waals surface area contributed by atoms with Crippen LogP contribution in [-0.2, 0) is 14.1 Å². The Balaban J connectivity index is 1.52. The van der Waals surface area contributed by atoms with E-state index >= 15 is 0 Å². The van der Waals surface area contributed by atoms with Gasteiger partial charge in [-0.3, -0.25) is 4.79 Å². The van der Waals surface area contributed by atoms with Crippen molar-refractivity contribution in [2.75, 3.05) is 26.3 Å². The molecule has 10 heteroatoms. The number of aliphatic hydroxyl groups is 2. The van der Waals surface area contributed by atoms with Crippen molar-refractivity contribution in [2.24, 2.45) is 5.92 Å². The highest BCUT2D eigenvalue weighted by atomic mass is 16.7. The van der Waals surface area contributed by atoms with E-state index in [1.807, 2.05) is 27.7 Å². The molecule has 0 spiro atoms. The third-order valence-corrected chi connectivity index (χ3v) is 5.91. The summed E-state index contributed by atoms with van der Waals surface area (Å²) < 4.78 is 17.7. The molecule has 1 amide bonds. The van der Waals surface area contributed by atoms with Gasteiger partial charge >= 0.3 is 13.1 Å². The van der Waals surface area contributed by atoms with E-state index in [0.717, 1.165) is 18.3 Å². The molecule has 2 saturated heterocycles. The molecule has 160 valence electrons. The molecular weight excluding hydrogens is 377 g/mol. The Morgan fingerprint density at radius 1 is 1.31 bits per heavy atom. The summed E-state index contributed by atoms with van der Waals surface area (Å²) in [4.78, 5) is 22.1. The maximum Gasteiger partial charge on any atom is 0.498 e. The highest BCUT2D eigenvalue weighted by molar-refractivity contribution is 6.61. The fourth-order valence-corrected chi connectivity index (χ4v) is 3.38. The minimum atomic E-state index is -1.36. The second kappa shape index (κ2) is 8.55. The van der Waals surface area contributed by atoms with Crippen molar-refractivity contribution in [2.45, 2.75) is 57.8 Å². The normalized spacial score (nSPS) is 24.4. The third-order valence-electron chi connectivity index (χ3n) is 5.91. The third kappa shape index (κ3) is 4.88. The van der Waals surface area contributed by atoms with Crippen LogP contribution in [0.5, 0.6) is 6.01 Å².